The molecule has 0 amide bonds. The number of hydrogen-bond acceptors (Lipinski definition) is 1. The first-order chi connectivity index (χ1) is 1.73. The zero-order chi connectivity index (χ0) is 3.58. The van der Waals surface area contributed by atoms with Crippen molar-refractivity contribution >= 4 is 9.17 Å². The molecule has 3 nitrogen and oxygen atoms in total. The molecule has 2 N–H and O–H groups in total. The summed E-state index contributed by atoms with van der Waals surface area (Å²) in [6.45, 7) is 0. The molecule has 0 aliphatic carbocycles. The van der Waals surface area contributed by atoms with E-state index < -0.39 is 9.17 Å². The van der Waals surface area contributed by atoms with Gasteiger partial charge >= 0.3 is 60.6 Å². The molecule has 0 aromatic heterocycles. The summed E-state index contributed by atoms with van der Waals surface area (Å²) in [5.74, 6) is 0. The van der Waals surface area contributed by atoms with Gasteiger partial charge in [-0.1, -0.05) is 0 Å². The third-order valence-corrected chi connectivity index (χ3v) is 0. The molecule has 0 unspecified atom stereocenters. The smallest absolute Gasteiger partial charge is 1.00 e. The Morgan fingerprint density at radius 2 is 1.60 bits per heavy atom. The second-order valence-corrected chi connectivity index (χ2v) is 0.848. The van der Waals surface area contributed by atoms with Gasteiger partial charge in [0, 0.05) is 0 Å². The van der Waals surface area contributed by atoms with Gasteiger partial charge in [0.25, 0.3) is 0 Å². The summed E-state index contributed by atoms with van der Waals surface area (Å²) in [4.78, 5) is 14.3. The molecule has 0 saturated carbocycles. The summed E-state index contributed by atoms with van der Waals surface area (Å²) in [7, 11) is -3.13. The maximum atomic E-state index is 8.74. The van der Waals surface area contributed by atoms with Crippen molar-refractivity contribution in [2.45, 2.75) is 0 Å². The Bertz CT molecular complexity index is 33.8. The van der Waals surface area contributed by atoms with Gasteiger partial charge < -0.3 is 11.0 Å². The van der Waals surface area contributed by atoms with Gasteiger partial charge in [-0.05, 0) is 0 Å². The van der Waals surface area contributed by atoms with Crippen LogP contribution in [0.4, 0.5) is 0 Å². The molecule has 0 atom stereocenters. The Hall–Kier alpha value is 1.25. The largest absolute Gasteiger partial charge is 1.00 e. The van der Waals surface area contributed by atoms with Crippen LogP contribution in [-0.2, 0) is 4.46 Å². The first-order valence-corrected chi connectivity index (χ1v) is 1.95. The summed E-state index contributed by atoms with van der Waals surface area (Å²) in [6, 6.07) is 0. The van der Waals surface area contributed by atoms with E-state index in [0.717, 1.165) is 0 Å². The van der Waals surface area contributed by atoms with Crippen LogP contribution in [0.25, 0.3) is 0 Å². The molecule has 26 valence electrons. The van der Waals surface area contributed by atoms with E-state index in [9.17, 15) is 0 Å². The zero-order valence-electron chi connectivity index (χ0n) is 3.80. The van der Waals surface area contributed by atoms with Crippen molar-refractivity contribution in [2.24, 2.45) is 0 Å². The van der Waals surface area contributed by atoms with Gasteiger partial charge in [0.15, 0.2) is 0 Å². The van der Waals surface area contributed by atoms with E-state index in [0.29, 0.717) is 0 Å². The third-order valence-electron chi connectivity index (χ3n) is 0. The van der Waals surface area contributed by atoms with Crippen molar-refractivity contribution in [3.8, 4) is 0 Å². The fraction of sp³-hybridized carbons (Fsp3) is 0. The predicted octanol–water partition coefficient (Wildman–Crippen LogP) is -4.50. The zero-order valence-corrected chi connectivity index (χ0v) is 6.93. The Morgan fingerprint density at radius 3 is 1.60 bits per heavy atom. The Kier molecular flexibility index (Phi) is 10.0. The Morgan fingerprint density at radius 1 is 1.60 bits per heavy atom. The van der Waals surface area contributed by atoms with Crippen molar-refractivity contribution in [3.63, 3.8) is 0 Å². The summed E-state index contributed by atoms with van der Waals surface area (Å²) in [5, 5.41) is 0. The molecule has 0 aliphatic heterocycles. The average Bonchev–Trinajstić information content (AvgIpc) is 0.811. The minimum absolute atomic E-state index is 0. The predicted molar refractivity (Wildman–Crippen MR) is 12.0 cm³/mol. The molecule has 5 heavy (non-hydrogen) atoms. The molecule has 0 aromatic carbocycles. The molecule has 0 aliphatic rings. The van der Waals surface area contributed by atoms with E-state index in [2.05, 4.69) is 0 Å². The van der Waals surface area contributed by atoms with Crippen molar-refractivity contribution in [2.75, 3.05) is 0 Å². The topological polar surface area (TPSA) is 57.5 Å². The van der Waals surface area contributed by atoms with Gasteiger partial charge in [0.2, 0.25) is 0 Å². The monoisotopic (exact) mass is 118 g/mol. The Balaban J connectivity index is -0.0000000450. The van der Waals surface area contributed by atoms with E-state index in [1.165, 1.54) is 0 Å². The summed E-state index contributed by atoms with van der Waals surface area (Å²) in [6.07, 6.45) is 0. The second-order valence-electron chi connectivity index (χ2n) is 0.283. The first kappa shape index (κ1) is 9.54. The molecular formula is H3KO3Si. The molecule has 0 aromatic rings. The molecule has 0 fully saturated rings. The van der Waals surface area contributed by atoms with Gasteiger partial charge in [-0.2, -0.15) is 0 Å². The minimum Gasteiger partial charge on any atom is -1.00 e. The first-order valence-electron chi connectivity index (χ1n) is 0.651. The number of rotatable bonds is 0. The van der Waals surface area contributed by atoms with Crippen LogP contribution in [0.1, 0.15) is 1.43 Å². The molecule has 0 radical (unpaired) electrons. The van der Waals surface area contributed by atoms with E-state index in [-0.39, 0.29) is 52.8 Å². The van der Waals surface area contributed by atoms with Crippen LogP contribution in [0.2, 0.25) is 0 Å². The van der Waals surface area contributed by atoms with Crippen LogP contribution in [0, 0.1) is 0 Å². The summed E-state index contributed by atoms with van der Waals surface area (Å²) < 4.78 is 8.74. The maximum Gasteiger partial charge on any atom is 1.00 e. The van der Waals surface area contributed by atoms with E-state index in [1.807, 2.05) is 0 Å². The molecule has 5 heteroatoms. The second kappa shape index (κ2) is 5.25. The van der Waals surface area contributed by atoms with Gasteiger partial charge in [0.1, 0.15) is 0 Å². The molecule has 0 heterocycles. The molecule has 0 spiro atoms. The molecule has 0 bridgehead atoms. The quantitative estimate of drug-likeness (QED) is 0.315. The van der Waals surface area contributed by atoms with Gasteiger partial charge in [0.05, 0.1) is 0 Å². The fourth-order valence-electron chi connectivity index (χ4n) is 0. The van der Waals surface area contributed by atoms with Crippen LogP contribution in [0.15, 0.2) is 0 Å². The third kappa shape index (κ3) is 35.4. The summed E-state index contributed by atoms with van der Waals surface area (Å²) in [5.41, 5.74) is 0. The normalized spacial score (nSPS) is 4.80. The average molecular weight is 118 g/mol. The number of hydrogen-bond donors (Lipinski definition) is 2. The minimum atomic E-state index is -3.13. The fourth-order valence-corrected chi connectivity index (χ4v) is 0. The van der Waals surface area contributed by atoms with Crippen LogP contribution in [0.3, 0.4) is 0 Å². The van der Waals surface area contributed by atoms with Crippen LogP contribution in [-0.4, -0.2) is 18.8 Å². The molecule has 0 saturated heterocycles. The SMILES string of the molecule is O=[Si](O)O.[H-].[K+]. The summed E-state index contributed by atoms with van der Waals surface area (Å²) >= 11 is 0. The van der Waals surface area contributed by atoms with E-state index >= 15 is 0 Å². The van der Waals surface area contributed by atoms with Crippen LogP contribution in [0.5, 0.6) is 0 Å². The molecule has 0 rings (SSSR count). The Labute approximate surface area is 74.8 Å². The van der Waals surface area contributed by atoms with Crippen LogP contribution < -0.4 is 51.4 Å². The van der Waals surface area contributed by atoms with E-state index in [1.54, 1.807) is 0 Å². The van der Waals surface area contributed by atoms with Gasteiger partial charge in [-0.3, -0.25) is 4.46 Å². The van der Waals surface area contributed by atoms with Crippen molar-refractivity contribution in [1.29, 1.82) is 0 Å². The maximum absolute atomic E-state index is 8.74. The van der Waals surface area contributed by atoms with Crippen molar-refractivity contribution in [3.05, 3.63) is 0 Å². The van der Waals surface area contributed by atoms with Crippen molar-refractivity contribution in [1.82, 2.24) is 0 Å². The molecular weight excluding hydrogens is 115 g/mol. The van der Waals surface area contributed by atoms with Crippen molar-refractivity contribution < 1.29 is 66.9 Å². The van der Waals surface area contributed by atoms with Gasteiger partial charge in [-0.25, -0.2) is 0 Å². The van der Waals surface area contributed by atoms with Gasteiger partial charge in [-0.15, -0.1) is 0 Å². The van der Waals surface area contributed by atoms with E-state index in [4.69, 9.17) is 14.1 Å². The standard InChI is InChI=1S/K.H2O3Si.H/c;1-4(2)3;/h;1-2H;/q+1;;-1. The van der Waals surface area contributed by atoms with Crippen LogP contribution >= 0.6 is 0 Å².